The molecule has 0 amide bonds. The highest BCUT2D eigenvalue weighted by atomic mass is 19.1. The molecule has 35 heavy (non-hydrogen) atoms. The molecule has 186 valence electrons. The van der Waals surface area contributed by atoms with Crippen LogP contribution in [0, 0.1) is 5.82 Å². The van der Waals surface area contributed by atoms with Crippen molar-refractivity contribution in [3.05, 3.63) is 83.2 Å². The maximum absolute atomic E-state index is 14.8. The molecule has 4 nitrogen and oxygen atoms in total. The number of carbonyl (C=O) groups is 1. The van der Waals surface area contributed by atoms with Crippen LogP contribution in [-0.2, 0) is 10.2 Å². The lowest BCUT2D eigenvalue weighted by Crippen LogP contribution is -2.15. The number of hydrogen-bond acceptors (Lipinski definition) is 3. The zero-order chi connectivity index (χ0) is 25.8. The first-order valence-corrected chi connectivity index (χ1v) is 12.0. The van der Waals surface area contributed by atoms with E-state index in [1.54, 1.807) is 19.2 Å². The maximum atomic E-state index is 14.8. The van der Waals surface area contributed by atoms with Crippen LogP contribution in [0.3, 0.4) is 0 Å². The highest BCUT2D eigenvalue weighted by molar-refractivity contribution is 5.71. The summed E-state index contributed by atoms with van der Waals surface area (Å²) in [5.41, 5.74) is 4.05. The molecule has 0 bridgehead atoms. The highest BCUT2D eigenvalue weighted by Crippen LogP contribution is 2.38. The van der Waals surface area contributed by atoms with Gasteiger partial charge in [0.2, 0.25) is 0 Å². The van der Waals surface area contributed by atoms with Crippen LogP contribution in [0.5, 0.6) is 11.5 Å². The van der Waals surface area contributed by atoms with E-state index in [0.29, 0.717) is 17.1 Å². The third-order valence-electron chi connectivity index (χ3n) is 6.34. The average Bonchev–Trinajstić information content (AvgIpc) is 2.82. The third-order valence-corrected chi connectivity index (χ3v) is 6.34. The number of aliphatic carboxylic acids is 1. The molecule has 3 aromatic carbocycles. The Kier molecular flexibility index (Phi) is 8.21. The molecular weight excluding hydrogens is 443 g/mol. The van der Waals surface area contributed by atoms with Crippen LogP contribution in [0.15, 0.2) is 60.7 Å². The Hall–Kier alpha value is -3.34. The summed E-state index contributed by atoms with van der Waals surface area (Å²) in [6.45, 7) is 10.3. The molecule has 0 saturated heterocycles. The van der Waals surface area contributed by atoms with Gasteiger partial charge in [-0.25, -0.2) is 4.39 Å². The maximum Gasteiger partial charge on any atom is 0.303 e. The second-order valence-electron chi connectivity index (χ2n) is 9.94. The van der Waals surface area contributed by atoms with E-state index < -0.39 is 5.97 Å². The number of carboxylic acids is 1. The molecule has 0 aromatic heterocycles. The first kappa shape index (κ1) is 26.3. The van der Waals surface area contributed by atoms with Crippen molar-refractivity contribution >= 4 is 5.97 Å². The van der Waals surface area contributed by atoms with Gasteiger partial charge in [0.15, 0.2) is 0 Å². The van der Waals surface area contributed by atoms with Crippen LogP contribution in [0.1, 0.15) is 76.2 Å². The molecule has 3 aromatic rings. The molecule has 5 heteroatoms. The fourth-order valence-corrected chi connectivity index (χ4v) is 4.33. The average molecular weight is 479 g/mol. The monoisotopic (exact) mass is 478 g/mol. The largest absolute Gasteiger partial charge is 0.497 e. The van der Waals surface area contributed by atoms with Gasteiger partial charge in [-0.05, 0) is 77.3 Å². The smallest absolute Gasteiger partial charge is 0.303 e. The van der Waals surface area contributed by atoms with Crippen molar-refractivity contribution in [2.75, 3.05) is 7.11 Å². The van der Waals surface area contributed by atoms with Crippen molar-refractivity contribution in [3.8, 4) is 22.6 Å². The van der Waals surface area contributed by atoms with E-state index in [-0.39, 0.29) is 29.7 Å². The quantitative estimate of drug-likeness (QED) is 0.339. The van der Waals surface area contributed by atoms with Gasteiger partial charge in [0.05, 0.1) is 13.5 Å². The summed E-state index contributed by atoms with van der Waals surface area (Å²) >= 11 is 0. The second-order valence-corrected chi connectivity index (χ2v) is 9.94. The molecule has 0 aliphatic carbocycles. The van der Waals surface area contributed by atoms with E-state index in [2.05, 4.69) is 26.8 Å². The van der Waals surface area contributed by atoms with Gasteiger partial charge in [0, 0.05) is 5.56 Å². The number of carboxylic acid groups (broad SMARTS) is 1. The number of hydrogen-bond donors (Lipinski definition) is 1. The molecule has 0 aliphatic rings. The van der Waals surface area contributed by atoms with Crippen molar-refractivity contribution in [2.24, 2.45) is 0 Å². The van der Waals surface area contributed by atoms with Crippen molar-refractivity contribution in [3.63, 3.8) is 0 Å². The zero-order valence-electron chi connectivity index (χ0n) is 21.4. The molecule has 0 spiro atoms. The molecule has 0 aliphatic heterocycles. The first-order valence-electron chi connectivity index (χ1n) is 12.0. The van der Waals surface area contributed by atoms with Crippen LogP contribution in [0.2, 0.25) is 0 Å². The van der Waals surface area contributed by atoms with Gasteiger partial charge in [0.1, 0.15) is 23.4 Å². The van der Waals surface area contributed by atoms with Crippen molar-refractivity contribution in [2.45, 2.75) is 64.9 Å². The SMILES string of the molecule is CC[C@H](CC(=O)O)c1cccc(O[C@@H](C)c2ccc(-c3cc(OC)ccc3F)c(C(C)(C)C)c2)c1. The van der Waals surface area contributed by atoms with Gasteiger partial charge in [-0.1, -0.05) is 58.0 Å². The normalized spacial score (nSPS) is 13.2. The van der Waals surface area contributed by atoms with E-state index in [0.717, 1.165) is 28.7 Å². The lowest BCUT2D eigenvalue weighted by Gasteiger charge is -2.26. The number of halogens is 1. The van der Waals surface area contributed by atoms with Gasteiger partial charge in [-0.2, -0.15) is 0 Å². The van der Waals surface area contributed by atoms with E-state index >= 15 is 0 Å². The Morgan fingerprint density at radius 2 is 1.71 bits per heavy atom. The Labute approximate surface area is 207 Å². The summed E-state index contributed by atoms with van der Waals surface area (Å²) in [6, 6.07) is 18.4. The fraction of sp³-hybridized carbons (Fsp3) is 0.367. The lowest BCUT2D eigenvalue weighted by atomic mass is 9.80. The summed E-state index contributed by atoms with van der Waals surface area (Å²) in [7, 11) is 1.57. The molecular formula is C30H35FO4. The molecule has 1 N–H and O–H groups in total. The Morgan fingerprint density at radius 1 is 0.971 bits per heavy atom. The van der Waals surface area contributed by atoms with E-state index in [1.807, 2.05) is 50.2 Å². The third kappa shape index (κ3) is 6.41. The topological polar surface area (TPSA) is 55.8 Å². The van der Waals surface area contributed by atoms with Crippen molar-refractivity contribution in [1.29, 1.82) is 0 Å². The molecule has 2 atom stereocenters. The molecule has 0 saturated carbocycles. The van der Waals surface area contributed by atoms with Gasteiger partial charge in [-0.15, -0.1) is 0 Å². The number of benzene rings is 3. The van der Waals surface area contributed by atoms with E-state index in [9.17, 15) is 14.3 Å². The predicted octanol–water partition coefficient (Wildman–Crippen LogP) is 7.91. The minimum Gasteiger partial charge on any atom is -0.497 e. The summed E-state index contributed by atoms with van der Waals surface area (Å²) in [5.74, 6) is 0.140. The zero-order valence-corrected chi connectivity index (χ0v) is 21.4. The van der Waals surface area contributed by atoms with Gasteiger partial charge < -0.3 is 14.6 Å². The van der Waals surface area contributed by atoms with Gasteiger partial charge >= 0.3 is 5.97 Å². The van der Waals surface area contributed by atoms with Crippen LogP contribution < -0.4 is 9.47 Å². The van der Waals surface area contributed by atoms with Gasteiger partial charge in [-0.3, -0.25) is 4.79 Å². The predicted molar refractivity (Wildman–Crippen MR) is 138 cm³/mol. The van der Waals surface area contributed by atoms with Gasteiger partial charge in [0.25, 0.3) is 0 Å². The lowest BCUT2D eigenvalue weighted by molar-refractivity contribution is -0.137. The van der Waals surface area contributed by atoms with Crippen molar-refractivity contribution < 1.29 is 23.8 Å². The summed E-state index contributed by atoms with van der Waals surface area (Å²) < 4.78 is 26.4. The molecule has 0 unspecified atom stereocenters. The summed E-state index contributed by atoms with van der Waals surface area (Å²) in [4.78, 5) is 11.2. The first-order chi connectivity index (χ1) is 16.5. The van der Waals surface area contributed by atoms with E-state index in [1.165, 1.54) is 6.07 Å². The number of methoxy groups -OCH3 is 1. The Balaban J connectivity index is 1.94. The highest BCUT2D eigenvalue weighted by Gasteiger charge is 2.23. The van der Waals surface area contributed by atoms with E-state index in [4.69, 9.17) is 9.47 Å². The summed E-state index contributed by atoms with van der Waals surface area (Å²) in [6.07, 6.45) is 0.574. The number of rotatable bonds is 9. The molecule has 3 rings (SSSR count). The molecule has 0 radical (unpaired) electrons. The molecule has 0 fully saturated rings. The summed E-state index contributed by atoms with van der Waals surface area (Å²) in [5, 5.41) is 9.22. The second kappa shape index (κ2) is 10.9. The fourth-order valence-electron chi connectivity index (χ4n) is 4.33. The standard InChI is InChI=1S/C30H35FO4/c1-7-20(17-29(32)33)22-9-8-10-24(15-22)35-19(2)21-11-13-25(27(16-21)30(3,4)5)26-18-23(34-6)12-14-28(26)31/h8-16,18-20H,7,17H2,1-6H3,(H,32,33)/t19-,20+/m0/s1. The van der Waals surface area contributed by atoms with Crippen molar-refractivity contribution in [1.82, 2.24) is 0 Å². The van der Waals surface area contributed by atoms with Crippen LogP contribution in [0.25, 0.3) is 11.1 Å². The minimum atomic E-state index is -0.807. The van der Waals surface area contributed by atoms with Crippen LogP contribution >= 0.6 is 0 Å². The Bertz CT molecular complexity index is 1180. The number of ether oxygens (including phenoxy) is 2. The molecule has 0 heterocycles. The van der Waals surface area contributed by atoms with Crippen LogP contribution in [0.4, 0.5) is 4.39 Å². The Morgan fingerprint density at radius 3 is 2.34 bits per heavy atom. The minimum absolute atomic E-state index is 0.0594. The van der Waals surface area contributed by atoms with Crippen LogP contribution in [-0.4, -0.2) is 18.2 Å².